The molecule has 0 unspecified atom stereocenters. The molecule has 1 fully saturated rings. The van der Waals surface area contributed by atoms with Gasteiger partial charge in [0, 0.05) is 37.0 Å². The van der Waals surface area contributed by atoms with Crippen LogP contribution in [0.25, 0.3) is 11.0 Å². The number of nitrogens with one attached hydrogen (secondary N) is 1. The highest BCUT2D eigenvalue weighted by Crippen LogP contribution is 2.32. The molecule has 0 aliphatic carbocycles. The van der Waals surface area contributed by atoms with Crippen LogP contribution in [0.3, 0.4) is 0 Å². The number of furan rings is 1. The van der Waals surface area contributed by atoms with Crippen molar-refractivity contribution in [3.8, 4) is 5.75 Å². The normalized spacial score (nSPS) is 13.4. The predicted octanol–water partition coefficient (Wildman–Crippen LogP) is 4.90. The van der Waals surface area contributed by atoms with E-state index in [1.165, 1.54) is 12.1 Å². The largest absolute Gasteiger partial charge is 0.493 e. The number of rotatable bonds is 6. The first-order valence-corrected chi connectivity index (χ1v) is 9.85. The fourth-order valence-corrected chi connectivity index (χ4v) is 3.65. The van der Waals surface area contributed by atoms with Crippen molar-refractivity contribution < 1.29 is 27.1 Å². The molecular weight excluding hydrogens is 405 g/mol. The van der Waals surface area contributed by atoms with E-state index in [1.807, 2.05) is 4.90 Å². The number of hydrogen-bond donors (Lipinski definition) is 1. The summed E-state index contributed by atoms with van der Waals surface area (Å²) in [6, 6.07) is 6.28. The standard InChI is InChI=1S/C20H17F3N2O3S/c1-2-27-17-9-14(22)15(23)10-19(17)29-24-20(26)18-8-12-13(21)6-11(7-16(12)28-18)25-4-3-5-25/h6-10H,2-5H2,1H3,(H,24,26). The minimum absolute atomic E-state index is 0.0901. The summed E-state index contributed by atoms with van der Waals surface area (Å²) in [5, 5.41) is 0.201. The van der Waals surface area contributed by atoms with Gasteiger partial charge in [0.05, 0.1) is 16.9 Å². The Morgan fingerprint density at radius 2 is 1.90 bits per heavy atom. The number of fused-ring (bicyclic) bond motifs is 1. The van der Waals surface area contributed by atoms with Gasteiger partial charge in [0.2, 0.25) is 0 Å². The van der Waals surface area contributed by atoms with Crippen molar-refractivity contribution in [3.63, 3.8) is 0 Å². The highest BCUT2D eigenvalue weighted by atomic mass is 32.2. The minimum atomic E-state index is -1.06. The summed E-state index contributed by atoms with van der Waals surface area (Å²) < 4.78 is 54.6. The first-order chi connectivity index (χ1) is 14.0. The number of carbonyl (C=O) groups excluding carboxylic acids is 1. The maximum Gasteiger partial charge on any atom is 0.297 e. The van der Waals surface area contributed by atoms with Crippen LogP contribution in [-0.4, -0.2) is 25.6 Å². The van der Waals surface area contributed by atoms with Crippen LogP contribution in [0.5, 0.6) is 5.75 Å². The molecule has 1 aliphatic rings. The first-order valence-electron chi connectivity index (χ1n) is 9.03. The van der Waals surface area contributed by atoms with Crippen molar-refractivity contribution in [2.24, 2.45) is 0 Å². The Bertz CT molecular complexity index is 1080. The van der Waals surface area contributed by atoms with E-state index in [4.69, 9.17) is 9.15 Å². The van der Waals surface area contributed by atoms with Crippen molar-refractivity contribution in [3.05, 3.63) is 53.5 Å². The van der Waals surface area contributed by atoms with Crippen LogP contribution in [0.1, 0.15) is 23.9 Å². The Hall–Kier alpha value is -2.81. The van der Waals surface area contributed by atoms with Crippen LogP contribution in [0.4, 0.5) is 18.9 Å². The van der Waals surface area contributed by atoms with E-state index >= 15 is 0 Å². The van der Waals surface area contributed by atoms with E-state index in [9.17, 15) is 18.0 Å². The second-order valence-electron chi connectivity index (χ2n) is 6.47. The molecule has 1 aromatic heterocycles. The molecule has 1 amide bonds. The highest BCUT2D eigenvalue weighted by molar-refractivity contribution is 7.98. The zero-order chi connectivity index (χ0) is 20.5. The van der Waals surface area contributed by atoms with Crippen LogP contribution in [-0.2, 0) is 0 Å². The van der Waals surface area contributed by atoms with Gasteiger partial charge in [0.15, 0.2) is 17.4 Å². The molecule has 4 rings (SSSR count). The predicted molar refractivity (Wildman–Crippen MR) is 104 cm³/mol. The SMILES string of the molecule is CCOc1cc(F)c(F)cc1SNC(=O)c1cc2c(F)cc(N3CCC3)cc2o1. The quantitative estimate of drug-likeness (QED) is 0.573. The van der Waals surface area contributed by atoms with Gasteiger partial charge < -0.3 is 14.1 Å². The van der Waals surface area contributed by atoms with Gasteiger partial charge in [0.1, 0.15) is 17.1 Å². The summed E-state index contributed by atoms with van der Waals surface area (Å²) in [7, 11) is 0. The van der Waals surface area contributed by atoms with Crippen LogP contribution >= 0.6 is 11.9 Å². The zero-order valence-electron chi connectivity index (χ0n) is 15.4. The monoisotopic (exact) mass is 422 g/mol. The Kier molecular flexibility index (Phi) is 5.31. The van der Waals surface area contributed by atoms with Gasteiger partial charge in [-0.25, -0.2) is 13.2 Å². The summed E-state index contributed by atoms with van der Waals surface area (Å²) in [4.78, 5) is 14.6. The topological polar surface area (TPSA) is 54.7 Å². The molecule has 2 aromatic carbocycles. The summed E-state index contributed by atoms with van der Waals surface area (Å²) in [6.45, 7) is 3.65. The lowest BCUT2D eigenvalue weighted by Gasteiger charge is -2.33. The van der Waals surface area contributed by atoms with E-state index < -0.39 is 23.4 Å². The van der Waals surface area contributed by atoms with E-state index in [0.29, 0.717) is 5.69 Å². The van der Waals surface area contributed by atoms with Crippen molar-refractivity contribution in [1.82, 2.24) is 4.72 Å². The van der Waals surface area contributed by atoms with E-state index in [2.05, 4.69) is 4.72 Å². The molecule has 1 aliphatic heterocycles. The molecule has 0 radical (unpaired) electrons. The maximum atomic E-state index is 14.4. The zero-order valence-corrected chi connectivity index (χ0v) is 16.2. The number of amides is 1. The highest BCUT2D eigenvalue weighted by Gasteiger charge is 2.21. The van der Waals surface area contributed by atoms with E-state index in [1.54, 1.807) is 13.0 Å². The number of anilines is 1. The molecule has 29 heavy (non-hydrogen) atoms. The third kappa shape index (κ3) is 3.87. The third-order valence-corrected chi connectivity index (χ3v) is 5.38. The molecule has 1 N–H and O–H groups in total. The van der Waals surface area contributed by atoms with Gasteiger partial charge in [0.25, 0.3) is 5.91 Å². The maximum absolute atomic E-state index is 14.4. The molecule has 3 aromatic rings. The Morgan fingerprint density at radius 3 is 2.59 bits per heavy atom. The number of hydrogen-bond acceptors (Lipinski definition) is 5. The number of halogens is 3. The lowest BCUT2D eigenvalue weighted by atomic mass is 10.1. The van der Waals surface area contributed by atoms with E-state index in [0.717, 1.165) is 43.6 Å². The Labute approximate surface area is 168 Å². The minimum Gasteiger partial charge on any atom is -0.493 e. The van der Waals surface area contributed by atoms with Crippen LogP contribution < -0.4 is 14.4 Å². The van der Waals surface area contributed by atoms with Crippen molar-refractivity contribution in [2.45, 2.75) is 18.2 Å². The molecule has 152 valence electrons. The smallest absolute Gasteiger partial charge is 0.297 e. The van der Waals surface area contributed by atoms with Gasteiger partial charge >= 0.3 is 0 Å². The average molecular weight is 422 g/mol. The molecule has 0 saturated carbocycles. The Balaban J connectivity index is 1.54. The van der Waals surface area contributed by atoms with Crippen LogP contribution in [0.15, 0.2) is 39.6 Å². The van der Waals surface area contributed by atoms with Crippen molar-refractivity contribution in [2.75, 3.05) is 24.6 Å². The molecule has 9 heteroatoms. The van der Waals surface area contributed by atoms with Gasteiger partial charge in [-0.1, -0.05) is 0 Å². The van der Waals surface area contributed by atoms with Gasteiger partial charge in [-0.2, -0.15) is 0 Å². The second kappa shape index (κ2) is 7.90. The van der Waals surface area contributed by atoms with Gasteiger partial charge in [-0.05, 0) is 37.4 Å². The lowest BCUT2D eigenvalue weighted by Crippen LogP contribution is -2.36. The van der Waals surface area contributed by atoms with Crippen molar-refractivity contribution >= 4 is 34.5 Å². The molecular formula is C20H17F3N2O3S. The third-order valence-electron chi connectivity index (χ3n) is 4.56. The molecule has 0 bridgehead atoms. The fourth-order valence-electron chi connectivity index (χ4n) is 2.96. The molecule has 2 heterocycles. The van der Waals surface area contributed by atoms with E-state index in [-0.39, 0.29) is 34.0 Å². The van der Waals surface area contributed by atoms with Crippen molar-refractivity contribution in [1.29, 1.82) is 0 Å². The molecule has 0 atom stereocenters. The fraction of sp³-hybridized carbons (Fsp3) is 0.250. The lowest BCUT2D eigenvalue weighted by molar-refractivity contribution is 0.0959. The summed E-state index contributed by atoms with van der Waals surface area (Å²) in [6.07, 6.45) is 1.05. The first kappa shape index (κ1) is 19.5. The second-order valence-corrected chi connectivity index (χ2v) is 7.32. The number of benzene rings is 2. The summed E-state index contributed by atoms with van der Waals surface area (Å²) in [5.41, 5.74) is 0.977. The summed E-state index contributed by atoms with van der Waals surface area (Å²) in [5.74, 6) is -3.20. The molecule has 5 nitrogen and oxygen atoms in total. The summed E-state index contributed by atoms with van der Waals surface area (Å²) >= 11 is 0.755. The number of nitrogens with zero attached hydrogens (tertiary/aromatic N) is 1. The number of ether oxygens (including phenoxy) is 1. The Morgan fingerprint density at radius 1 is 1.14 bits per heavy atom. The molecule has 0 spiro atoms. The van der Waals surface area contributed by atoms with Crippen LogP contribution in [0, 0.1) is 17.5 Å². The molecule has 1 saturated heterocycles. The van der Waals surface area contributed by atoms with Gasteiger partial charge in [-0.15, -0.1) is 0 Å². The average Bonchev–Trinajstić information content (AvgIpc) is 3.07. The number of carbonyl (C=O) groups is 1. The van der Waals surface area contributed by atoms with Gasteiger partial charge in [-0.3, -0.25) is 9.52 Å². The van der Waals surface area contributed by atoms with Crippen LogP contribution in [0.2, 0.25) is 0 Å².